The summed E-state index contributed by atoms with van der Waals surface area (Å²) in [5, 5.41) is 3.43. The van der Waals surface area contributed by atoms with Gasteiger partial charge in [0.05, 0.1) is 0 Å². The van der Waals surface area contributed by atoms with Crippen molar-refractivity contribution < 1.29 is 0 Å². The van der Waals surface area contributed by atoms with E-state index in [9.17, 15) is 0 Å². The van der Waals surface area contributed by atoms with Crippen LogP contribution < -0.4 is 5.32 Å². The lowest BCUT2D eigenvalue weighted by molar-refractivity contribution is -0.164. The third-order valence-electron chi connectivity index (χ3n) is 13.3. The third-order valence-corrected chi connectivity index (χ3v) is 13.3. The van der Waals surface area contributed by atoms with Crippen LogP contribution >= 0.6 is 0 Å². The van der Waals surface area contributed by atoms with Gasteiger partial charge in [0.1, 0.15) is 0 Å². The Morgan fingerprint density at radius 2 is 1.72 bits per heavy atom. The van der Waals surface area contributed by atoms with E-state index < -0.39 is 0 Å². The second kappa shape index (κ2) is 8.38. The highest BCUT2D eigenvalue weighted by Gasteiger charge is 2.66. The van der Waals surface area contributed by atoms with Gasteiger partial charge in [-0.25, -0.2) is 0 Å². The summed E-state index contributed by atoms with van der Waals surface area (Å²) in [6.07, 6.45) is 19.8. The van der Waals surface area contributed by atoms with Crippen molar-refractivity contribution in [3.8, 4) is 0 Å². The van der Waals surface area contributed by atoms with Gasteiger partial charge < -0.3 is 5.32 Å². The molecule has 5 aliphatic carbocycles. The zero-order chi connectivity index (χ0) is 26.3. The van der Waals surface area contributed by atoms with Crippen LogP contribution in [0.15, 0.2) is 48.2 Å². The average molecular weight is 490 g/mol. The van der Waals surface area contributed by atoms with Gasteiger partial charge in [-0.3, -0.25) is 0 Å². The molecule has 0 spiro atoms. The summed E-state index contributed by atoms with van der Waals surface area (Å²) < 4.78 is 0. The zero-order valence-electron chi connectivity index (χ0n) is 24.9. The predicted octanol–water partition coefficient (Wildman–Crippen LogP) is 9.49. The number of rotatable bonds is 3. The monoisotopic (exact) mass is 489 g/mol. The lowest BCUT2D eigenvalue weighted by Crippen LogP contribution is -2.62. The molecule has 0 saturated heterocycles. The first-order valence-corrected chi connectivity index (χ1v) is 15.1. The van der Waals surface area contributed by atoms with Gasteiger partial charge in [0, 0.05) is 12.7 Å². The lowest BCUT2D eigenvalue weighted by atomic mass is 9.35. The van der Waals surface area contributed by atoms with Gasteiger partial charge >= 0.3 is 0 Å². The number of nitrogens with one attached hydrogen (secondary N) is 1. The van der Waals surface area contributed by atoms with Gasteiger partial charge in [-0.05, 0) is 127 Å². The molecule has 1 nitrogen and oxygen atoms in total. The Labute approximate surface area is 223 Å². The Bertz CT molecular complexity index is 992. The normalized spacial score (nSPS) is 47.8. The highest BCUT2D eigenvalue weighted by Crippen LogP contribution is 2.74. The molecule has 0 radical (unpaired) electrons. The molecule has 4 fully saturated rings. The van der Waals surface area contributed by atoms with Crippen molar-refractivity contribution in [2.45, 2.75) is 106 Å². The SMILES string of the molecule is C=C(CC12CCC3C(/C(=C/C)CC4C5(C)C=CC(=C)C(C)(C)C5CCC34C)C1CC(C)(C)CC2)NC. The van der Waals surface area contributed by atoms with E-state index in [2.05, 4.69) is 92.2 Å². The first-order valence-electron chi connectivity index (χ1n) is 15.1. The summed E-state index contributed by atoms with van der Waals surface area (Å²) in [6.45, 7) is 26.7. The fourth-order valence-corrected chi connectivity index (χ4v) is 11.0. The predicted molar refractivity (Wildman–Crippen MR) is 155 cm³/mol. The maximum Gasteiger partial charge on any atom is 0.00367 e. The molecule has 0 amide bonds. The van der Waals surface area contributed by atoms with Crippen molar-refractivity contribution in [1.29, 1.82) is 0 Å². The van der Waals surface area contributed by atoms with E-state index in [0.29, 0.717) is 22.2 Å². The minimum atomic E-state index is 0.195. The zero-order valence-corrected chi connectivity index (χ0v) is 24.9. The second-order valence-corrected chi connectivity index (χ2v) is 15.7. The topological polar surface area (TPSA) is 12.0 Å². The number of hydrogen-bond acceptors (Lipinski definition) is 1. The quantitative estimate of drug-likeness (QED) is 0.389. The second-order valence-electron chi connectivity index (χ2n) is 15.7. The summed E-state index contributed by atoms with van der Waals surface area (Å²) >= 11 is 0. The number of hydrogen-bond donors (Lipinski definition) is 1. The van der Waals surface area contributed by atoms with E-state index in [1.165, 1.54) is 69.1 Å². The Morgan fingerprint density at radius 1 is 1.00 bits per heavy atom. The largest absolute Gasteiger partial charge is 0.392 e. The molecule has 0 heterocycles. The standard InChI is InChI=1S/C35H55N/c1-11-25-20-29-33(8,16-14-28-32(6,7)23(2)12-15-34(28,29)9)26-13-17-35(21-24(3)36-10)19-18-31(4,5)22-27(35)30(25)26/h11-12,15,26-30,36H,2-3,13-14,16-22H2,1,4-10H3/b25-11+. The van der Waals surface area contributed by atoms with Gasteiger partial charge in [-0.15, -0.1) is 0 Å². The summed E-state index contributed by atoms with van der Waals surface area (Å²) in [6, 6.07) is 0. The molecular weight excluding hydrogens is 434 g/mol. The van der Waals surface area contributed by atoms with Crippen LogP contribution in [0.2, 0.25) is 0 Å². The third kappa shape index (κ3) is 3.60. The Hall–Kier alpha value is -1.24. The average Bonchev–Trinajstić information content (AvgIpc) is 2.81. The van der Waals surface area contributed by atoms with Crippen LogP contribution in [-0.4, -0.2) is 7.05 Å². The Kier molecular flexibility index (Phi) is 6.14. The van der Waals surface area contributed by atoms with Crippen molar-refractivity contribution in [3.05, 3.63) is 48.2 Å². The van der Waals surface area contributed by atoms with Crippen LogP contribution in [-0.2, 0) is 0 Å². The van der Waals surface area contributed by atoms with E-state index in [-0.39, 0.29) is 10.8 Å². The van der Waals surface area contributed by atoms with Gasteiger partial charge in [0.25, 0.3) is 0 Å². The van der Waals surface area contributed by atoms with Crippen LogP contribution in [0.4, 0.5) is 0 Å². The molecule has 200 valence electrons. The maximum atomic E-state index is 4.49. The number of allylic oxidation sites excluding steroid dienone is 6. The highest BCUT2D eigenvalue weighted by molar-refractivity contribution is 5.35. The summed E-state index contributed by atoms with van der Waals surface area (Å²) in [4.78, 5) is 0. The van der Waals surface area contributed by atoms with Crippen molar-refractivity contribution in [1.82, 2.24) is 5.32 Å². The molecule has 4 saturated carbocycles. The first kappa shape index (κ1) is 26.4. The van der Waals surface area contributed by atoms with E-state index in [0.717, 1.165) is 23.7 Å². The van der Waals surface area contributed by atoms with Crippen molar-refractivity contribution in [3.63, 3.8) is 0 Å². The molecule has 1 N–H and O–H groups in total. The molecular formula is C35H55N. The minimum absolute atomic E-state index is 0.195. The van der Waals surface area contributed by atoms with E-state index in [4.69, 9.17) is 0 Å². The van der Waals surface area contributed by atoms with Gasteiger partial charge in [-0.1, -0.05) is 78.5 Å². The van der Waals surface area contributed by atoms with Crippen molar-refractivity contribution in [2.75, 3.05) is 7.05 Å². The van der Waals surface area contributed by atoms with Crippen LogP contribution in [0.25, 0.3) is 0 Å². The van der Waals surface area contributed by atoms with Crippen molar-refractivity contribution >= 4 is 0 Å². The molecule has 0 aliphatic heterocycles. The molecule has 36 heavy (non-hydrogen) atoms. The highest BCUT2D eigenvalue weighted by atomic mass is 14.8. The van der Waals surface area contributed by atoms with Gasteiger partial charge in [-0.2, -0.15) is 0 Å². The summed E-state index contributed by atoms with van der Waals surface area (Å²) in [5.41, 5.74) is 6.16. The molecule has 5 rings (SSSR count). The lowest BCUT2D eigenvalue weighted by Gasteiger charge is -2.69. The van der Waals surface area contributed by atoms with Crippen molar-refractivity contribution in [2.24, 2.45) is 56.7 Å². The Balaban J connectivity index is 1.58. The molecule has 8 unspecified atom stereocenters. The number of fused-ring (bicyclic) bond motifs is 7. The Morgan fingerprint density at radius 3 is 2.39 bits per heavy atom. The molecule has 5 aliphatic rings. The van der Waals surface area contributed by atoms with Gasteiger partial charge in [0.2, 0.25) is 0 Å². The minimum Gasteiger partial charge on any atom is -0.392 e. The summed E-state index contributed by atoms with van der Waals surface area (Å²) in [7, 11) is 2.07. The van der Waals surface area contributed by atoms with E-state index in [1.54, 1.807) is 0 Å². The fourth-order valence-electron chi connectivity index (χ4n) is 11.0. The smallest absolute Gasteiger partial charge is 0.00367 e. The first-order chi connectivity index (χ1) is 16.7. The van der Waals surface area contributed by atoms with Crippen LogP contribution in [0.3, 0.4) is 0 Å². The molecule has 0 aromatic heterocycles. The molecule has 1 heteroatoms. The van der Waals surface area contributed by atoms with Gasteiger partial charge in [0.15, 0.2) is 0 Å². The molecule has 0 bridgehead atoms. The van der Waals surface area contributed by atoms with E-state index >= 15 is 0 Å². The maximum absolute atomic E-state index is 4.49. The summed E-state index contributed by atoms with van der Waals surface area (Å²) in [5.74, 6) is 3.79. The van der Waals surface area contributed by atoms with Crippen LogP contribution in [0.1, 0.15) is 106 Å². The molecule has 8 atom stereocenters. The van der Waals surface area contributed by atoms with E-state index in [1.807, 2.05) is 5.57 Å². The van der Waals surface area contributed by atoms with Crippen LogP contribution in [0.5, 0.6) is 0 Å². The molecule has 0 aromatic rings. The van der Waals surface area contributed by atoms with Crippen LogP contribution in [0, 0.1) is 56.7 Å². The molecule has 0 aromatic carbocycles. The fraction of sp³-hybridized carbons (Fsp3) is 0.771.